The fourth-order valence-corrected chi connectivity index (χ4v) is 5.12. The predicted octanol–water partition coefficient (Wildman–Crippen LogP) is 4.10. The number of rotatable bonds is 3. The van der Waals surface area contributed by atoms with E-state index in [4.69, 9.17) is 0 Å². The first-order valence-electron chi connectivity index (χ1n) is 9.48. The monoisotopic (exact) mass is 391 g/mol. The molecule has 1 saturated carbocycles. The molecule has 7 heteroatoms. The number of halogens is 2. The van der Waals surface area contributed by atoms with Crippen molar-refractivity contribution in [2.45, 2.75) is 38.6 Å². The SMILES string of the molecule is Cc1nc(-c2cc(F)cc(F)c2)sc1C(=O)N1CCN(C2CCCC2)CC1. The molecule has 27 heavy (non-hydrogen) atoms. The van der Waals surface area contributed by atoms with Crippen molar-refractivity contribution in [3.63, 3.8) is 0 Å². The molecule has 2 aliphatic rings. The highest BCUT2D eigenvalue weighted by Gasteiger charge is 2.29. The van der Waals surface area contributed by atoms with E-state index in [1.165, 1.54) is 49.2 Å². The standard InChI is InChI=1S/C20H23F2N3OS/c1-13-18(27-19(23-13)14-10-15(21)12-16(22)11-14)20(26)25-8-6-24(7-9-25)17-4-2-3-5-17/h10-12,17H,2-9H2,1H3. The second-order valence-electron chi connectivity index (χ2n) is 7.36. The molecule has 0 unspecified atom stereocenters. The fraction of sp³-hybridized carbons (Fsp3) is 0.500. The maximum Gasteiger partial charge on any atom is 0.265 e. The quantitative estimate of drug-likeness (QED) is 0.791. The Labute approximate surface area is 161 Å². The van der Waals surface area contributed by atoms with Gasteiger partial charge in [0.2, 0.25) is 0 Å². The lowest BCUT2D eigenvalue weighted by Gasteiger charge is -2.37. The molecule has 0 radical (unpaired) electrons. The van der Waals surface area contributed by atoms with Gasteiger partial charge in [-0.1, -0.05) is 12.8 Å². The summed E-state index contributed by atoms with van der Waals surface area (Å²) in [6, 6.07) is 4.01. The van der Waals surface area contributed by atoms with E-state index in [0.29, 0.717) is 27.2 Å². The lowest BCUT2D eigenvalue weighted by molar-refractivity contribution is 0.0577. The molecule has 0 N–H and O–H groups in total. The van der Waals surface area contributed by atoms with Crippen molar-refractivity contribution in [1.29, 1.82) is 0 Å². The van der Waals surface area contributed by atoms with Gasteiger partial charge in [-0.3, -0.25) is 9.69 Å². The lowest BCUT2D eigenvalue weighted by Crippen LogP contribution is -2.51. The fourth-order valence-electron chi connectivity index (χ4n) is 4.10. The van der Waals surface area contributed by atoms with E-state index in [0.717, 1.165) is 32.2 Å². The molecule has 0 atom stereocenters. The second-order valence-corrected chi connectivity index (χ2v) is 8.36. The summed E-state index contributed by atoms with van der Waals surface area (Å²) in [6.07, 6.45) is 5.17. The maximum atomic E-state index is 13.5. The van der Waals surface area contributed by atoms with Gasteiger partial charge in [0.1, 0.15) is 21.5 Å². The van der Waals surface area contributed by atoms with Crippen LogP contribution in [0.2, 0.25) is 0 Å². The molecule has 144 valence electrons. The van der Waals surface area contributed by atoms with E-state index in [2.05, 4.69) is 9.88 Å². The summed E-state index contributed by atoms with van der Waals surface area (Å²) in [5, 5.41) is 0.471. The Bertz CT molecular complexity index is 819. The van der Waals surface area contributed by atoms with Crippen LogP contribution < -0.4 is 0 Å². The average molecular weight is 391 g/mol. The second kappa shape index (κ2) is 7.64. The van der Waals surface area contributed by atoms with Crippen molar-refractivity contribution in [2.75, 3.05) is 26.2 Å². The first kappa shape index (κ1) is 18.5. The number of hydrogen-bond acceptors (Lipinski definition) is 4. The van der Waals surface area contributed by atoms with Crippen molar-refractivity contribution in [3.05, 3.63) is 40.4 Å². The summed E-state index contributed by atoms with van der Waals surface area (Å²) in [6.45, 7) is 5.04. The Balaban J connectivity index is 1.47. The van der Waals surface area contributed by atoms with Crippen LogP contribution in [0.1, 0.15) is 41.0 Å². The smallest absolute Gasteiger partial charge is 0.265 e. The summed E-state index contributed by atoms with van der Waals surface area (Å²) in [5.41, 5.74) is 0.980. The highest BCUT2D eigenvalue weighted by atomic mass is 32.1. The lowest BCUT2D eigenvalue weighted by atomic mass is 10.1. The number of benzene rings is 1. The van der Waals surface area contributed by atoms with Crippen molar-refractivity contribution < 1.29 is 13.6 Å². The van der Waals surface area contributed by atoms with Crippen molar-refractivity contribution in [1.82, 2.24) is 14.8 Å². The van der Waals surface area contributed by atoms with Gasteiger partial charge < -0.3 is 4.90 Å². The minimum atomic E-state index is -0.645. The van der Waals surface area contributed by atoms with Crippen molar-refractivity contribution >= 4 is 17.2 Å². The third-order valence-corrected chi connectivity index (χ3v) is 6.74. The van der Waals surface area contributed by atoms with E-state index in [1.54, 1.807) is 6.92 Å². The number of aryl methyl sites for hydroxylation is 1. The van der Waals surface area contributed by atoms with Crippen LogP contribution in [0.3, 0.4) is 0 Å². The van der Waals surface area contributed by atoms with E-state index >= 15 is 0 Å². The average Bonchev–Trinajstić information content (AvgIpc) is 3.30. The highest BCUT2D eigenvalue weighted by molar-refractivity contribution is 7.17. The summed E-state index contributed by atoms with van der Waals surface area (Å²) in [7, 11) is 0. The molecule has 4 nitrogen and oxygen atoms in total. The number of nitrogens with zero attached hydrogens (tertiary/aromatic N) is 3. The molecular weight excluding hydrogens is 368 g/mol. The number of piperazine rings is 1. The number of amides is 1. The van der Waals surface area contributed by atoms with Crippen LogP contribution in [-0.4, -0.2) is 52.9 Å². The molecule has 2 aromatic rings. The molecule has 1 aliphatic heterocycles. The van der Waals surface area contributed by atoms with E-state index in [-0.39, 0.29) is 5.91 Å². The first-order valence-corrected chi connectivity index (χ1v) is 10.3. The topological polar surface area (TPSA) is 36.4 Å². The molecule has 1 aliphatic carbocycles. The molecule has 0 bridgehead atoms. The number of aromatic nitrogens is 1. The Hall–Kier alpha value is -1.86. The number of carbonyl (C=O) groups is 1. The zero-order chi connectivity index (χ0) is 19.0. The zero-order valence-corrected chi connectivity index (χ0v) is 16.2. The summed E-state index contributed by atoms with van der Waals surface area (Å²) < 4.78 is 27.0. The molecule has 1 saturated heterocycles. The summed E-state index contributed by atoms with van der Waals surface area (Å²) in [4.78, 5) is 22.3. The minimum absolute atomic E-state index is 0.0285. The van der Waals surface area contributed by atoms with Gasteiger partial charge >= 0.3 is 0 Å². The van der Waals surface area contributed by atoms with Crippen LogP contribution in [-0.2, 0) is 0 Å². The van der Waals surface area contributed by atoms with Crippen LogP contribution in [0.25, 0.3) is 10.6 Å². The molecule has 0 spiro atoms. The first-order chi connectivity index (χ1) is 13.0. The van der Waals surface area contributed by atoms with Gasteiger partial charge in [-0.15, -0.1) is 11.3 Å². The predicted molar refractivity (Wildman–Crippen MR) is 102 cm³/mol. The molecule has 2 fully saturated rings. The molecule has 4 rings (SSSR count). The van der Waals surface area contributed by atoms with Crippen molar-refractivity contribution in [3.8, 4) is 10.6 Å². The van der Waals surface area contributed by atoms with Gasteiger partial charge in [0, 0.05) is 43.9 Å². The van der Waals surface area contributed by atoms with E-state index in [1.807, 2.05) is 4.90 Å². The largest absolute Gasteiger partial charge is 0.335 e. The van der Waals surface area contributed by atoms with E-state index < -0.39 is 11.6 Å². The summed E-state index contributed by atoms with van der Waals surface area (Å²) in [5.74, 6) is -1.32. The normalized spacial score (nSPS) is 19.0. The molecule has 1 amide bonds. The number of carbonyl (C=O) groups excluding carboxylic acids is 1. The van der Waals surface area contributed by atoms with Crippen LogP contribution >= 0.6 is 11.3 Å². The van der Waals surface area contributed by atoms with Crippen molar-refractivity contribution in [2.24, 2.45) is 0 Å². The van der Waals surface area contributed by atoms with Gasteiger partial charge in [0.15, 0.2) is 0 Å². The Morgan fingerprint density at radius 3 is 2.33 bits per heavy atom. The highest BCUT2D eigenvalue weighted by Crippen LogP contribution is 2.30. The molecule has 1 aromatic heterocycles. The molecule has 1 aromatic carbocycles. The number of thiazole rings is 1. The molecule has 2 heterocycles. The molecular formula is C20H23F2N3OS. The van der Waals surface area contributed by atoms with Gasteiger partial charge in [-0.25, -0.2) is 13.8 Å². The minimum Gasteiger partial charge on any atom is -0.335 e. The van der Waals surface area contributed by atoms with Crippen LogP contribution in [0.5, 0.6) is 0 Å². The van der Waals surface area contributed by atoms with Gasteiger partial charge in [0.25, 0.3) is 5.91 Å². The van der Waals surface area contributed by atoms with Gasteiger partial charge in [0.05, 0.1) is 5.69 Å². The zero-order valence-electron chi connectivity index (χ0n) is 15.4. The maximum absolute atomic E-state index is 13.5. The third kappa shape index (κ3) is 3.89. The Morgan fingerprint density at radius 1 is 1.07 bits per heavy atom. The van der Waals surface area contributed by atoms with Crippen LogP contribution in [0.4, 0.5) is 8.78 Å². The third-order valence-electron chi connectivity index (χ3n) is 5.54. The van der Waals surface area contributed by atoms with Crippen LogP contribution in [0, 0.1) is 18.6 Å². The number of hydrogen-bond donors (Lipinski definition) is 0. The van der Waals surface area contributed by atoms with Crippen LogP contribution in [0.15, 0.2) is 18.2 Å². The van der Waals surface area contributed by atoms with Gasteiger partial charge in [-0.2, -0.15) is 0 Å². The van der Waals surface area contributed by atoms with Gasteiger partial charge in [-0.05, 0) is 31.9 Å². The Kier molecular flexibility index (Phi) is 5.23. The Morgan fingerprint density at radius 2 is 1.70 bits per heavy atom. The van der Waals surface area contributed by atoms with E-state index in [9.17, 15) is 13.6 Å². The summed E-state index contributed by atoms with van der Waals surface area (Å²) >= 11 is 1.21.